The van der Waals surface area contributed by atoms with Crippen LogP contribution in [-0.2, 0) is 0 Å². The van der Waals surface area contributed by atoms with E-state index in [0.717, 1.165) is 0 Å². The predicted octanol–water partition coefficient (Wildman–Crippen LogP) is 1.75. The zero-order valence-electron chi connectivity index (χ0n) is 12.2. The van der Waals surface area contributed by atoms with Crippen LogP contribution in [-0.4, -0.2) is 47.2 Å². The average Bonchev–Trinajstić information content (AvgIpc) is 3.18. The van der Waals surface area contributed by atoms with Gasteiger partial charge in [0, 0.05) is 32.1 Å². The number of hydrogen-bond donors (Lipinski definition) is 0. The first-order valence-corrected chi connectivity index (χ1v) is 7.06. The fourth-order valence-electron chi connectivity index (χ4n) is 2.24. The van der Waals surface area contributed by atoms with E-state index < -0.39 is 0 Å². The number of rotatable bonds is 3. The summed E-state index contributed by atoms with van der Waals surface area (Å²) in [6.07, 6.45) is 1.51. The maximum atomic E-state index is 12.2. The molecule has 1 aliphatic heterocycles. The summed E-state index contributed by atoms with van der Waals surface area (Å²) in [4.78, 5) is 15.9. The van der Waals surface area contributed by atoms with Crippen molar-refractivity contribution in [2.75, 3.05) is 31.1 Å². The van der Waals surface area contributed by atoms with Gasteiger partial charge in [0.2, 0.25) is 5.89 Å². The SMILES string of the molecule is CC(C)c1nnc(N2CCN(C(=O)c3ccco3)CC2)o1. The Labute approximate surface area is 122 Å². The van der Waals surface area contributed by atoms with Crippen LogP contribution < -0.4 is 4.90 Å². The number of carbonyl (C=O) groups is 1. The summed E-state index contributed by atoms with van der Waals surface area (Å²) in [6, 6.07) is 3.93. The summed E-state index contributed by atoms with van der Waals surface area (Å²) in [5.74, 6) is 1.16. The molecule has 0 atom stereocenters. The van der Waals surface area contributed by atoms with Crippen molar-refractivity contribution in [3.8, 4) is 0 Å². The number of aromatic nitrogens is 2. The van der Waals surface area contributed by atoms with Crippen molar-refractivity contribution in [3.05, 3.63) is 30.0 Å². The third-order valence-corrected chi connectivity index (χ3v) is 3.49. The van der Waals surface area contributed by atoms with Crippen LogP contribution in [0.3, 0.4) is 0 Å². The summed E-state index contributed by atoms with van der Waals surface area (Å²) >= 11 is 0. The lowest BCUT2D eigenvalue weighted by Gasteiger charge is -2.33. The second kappa shape index (κ2) is 5.59. The Balaban J connectivity index is 1.61. The van der Waals surface area contributed by atoms with E-state index >= 15 is 0 Å². The lowest BCUT2D eigenvalue weighted by atomic mass is 10.2. The molecule has 0 aliphatic carbocycles. The highest BCUT2D eigenvalue weighted by molar-refractivity contribution is 5.91. The maximum Gasteiger partial charge on any atom is 0.318 e. The molecule has 1 amide bonds. The van der Waals surface area contributed by atoms with Gasteiger partial charge in [-0.05, 0) is 12.1 Å². The molecule has 2 aromatic heterocycles. The van der Waals surface area contributed by atoms with E-state index in [4.69, 9.17) is 8.83 Å². The highest BCUT2D eigenvalue weighted by Gasteiger charge is 2.26. The number of amides is 1. The van der Waals surface area contributed by atoms with Gasteiger partial charge in [-0.1, -0.05) is 18.9 Å². The minimum Gasteiger partial charge on any atom is -0.459 e. The molecule has 3 rings (SSSR count). The van der Waals surface area contributed by atoms with Gasteiger partial charge < -0.3 is 18.6 Å². The van der Waals surface area contributed by atoms with Gasteiger partial charge in [-0.15, -0.1) is 5.10 Å². The molecule has 0 N–H and O–H groups in total. The van der Waals surface area contributed by atoms with Crippen molar-refractivity contribution in [1.82, 2.24) is 15.1 Å². The highest BCUT2D eigenvalue weighted by atomic mass is 16.4. The second-order valence-electron chi connectivity index (χ2n) is 5.33. The largest absolute Gasteiger partial charge is 0.459 e. The minimum absolute atomic E-state index is 0.0759. The van der Waals surface area contributed by atoms with E-state index in [2.05, 4.69) is 10.2 Å². The molecule has 2 aromatic rings. The van der Waals surface area contributed by atoms with Crippen LogP contribution in [0, 0.1) is 0 Å². The first-order valence-electron chi connectivity index (χ1n) is 7.06. The van der Waals surface area contributed by atoms with Crippen LogP contribution in [0.1, 0.15) is 36.2 Å². The van der Waals surface area contributed by atoms with Gasteiger partial charge >= 0.3 is 6.01 Å². The van der Waals surface area contributed by atoms with Crippen molar-refractivity contribution >= 4 is 11.9 Å². The zero-order chi connectivity index (χ0) is 14.8. The second-order valence-corrected chi connectivity index (χ2v) is 5.33. The van der Waals surface area contributed by atoms with Gasteiger partial charge in [-0.25, -0.2) is 0 Å². The highest BCUT2D eigenvalue weighted by Crippen LogP contribution is 2.20. The van der Waals surface area contributed by atoms with E-state index in [9.17, 15) is 4.79 Å². The van der Waals surface area contributed by atoms with Gasteiger partial charge in [0.05, 0.1) is 6.26 Å². The van der Waals surface area contributed by atoms with Crippen molar-refractivity contribution in [3.63, 3.8) is 0 Å². The Morgan fingerprint density at radius 3 is 2.57 bits per heavy atom. The fraction of sp³-hybridized carbons (Fsp3) is 0.500. The van der Waals surface area contributed by atoms with Gasteiger partial charge in [0.25, 0.3) is 5.91 Å². The number of piperazine rings is 1. The Hall–Kier alpha value is -2.31. The number of nitrogens with zero attached hydrogens (tertiary/aromatic N) is 4. The molecule has 0 saturated carbocycles. The third-order valence-electron chi connectivity index (χ3n) is 3.49. The number of carbonyl (C=O) groups excluding carboxylic acids is 1. The molecule has 1 fully saturated rings. The van der Waals surface area contributed by atoms with Gasteiger partial charge in [-0.2, -0.15) is 0 Å². The fourth-order valence-corrected chi connectivity index (χ4v) is 2.24. The summed E-state index contributed by atoms with van der Waals surface area (Å²) in [5, 5.41) is 8.10. The molecule has 3 heterocycles. The van der Waals surface area contributed by atoms with E-state index in [1.54, 1.807) is 17.0 Å². The van der Waals surface area contributed by atoms with Crippen LogP contribution in [0.2, 0.25) is 0 Å². The normalized spacial score (nSPS) is 15.8. The standard InChI is InChI=1S/C14H18N4O3/c1-10(2)12-15-16-14(21-12)18-7-5-17(6-8-18)13(19)11-4-3-9-20-11/h3-4,9-10H,5-8H2,1-2H3. The van der Waals surface area contributed by atoms with E-state index in [1.165, 1.54) is 6.26 Å². The third kappa shape index (κ3) is 2.76. The molecule has 0 bridgehead atoms. The summed E-state index contributed by atoms with van der Waals surface area (Å²) in [7, 11) is 0. The first kappa shape index (κ1) is 13.7. The molecule has 112 valence electrons. The Bertz CT molecular complexity index is 598. The average molecular weight is 290 g/mol. The molecule has 0 unspecified atom stereocenters. The number of anilines is 1. The maximum absolute atomic E-state index is 12.2. The smallest absolute Gasteiger partial charge is 0.318 e. The minimum atomic E-state index is -0.0759. The molecule has 21 heavy (non-hydrogen) atoms. The predicted molar refractivity (Wildman–Crippen MR) is 75.2 cm³/mol. The molecule has 1 saturated heterocycles. The quantitative estimate of drug-likeness (QED) is 0.857. The van der Waals surface area contributed by atoms with E-state index in [1.807, 2.05) is 18.7 Å². The summed E-state index contributed by atoms with van der Waals surface area (Å²) < 4.78 is 10.8. The van der Waals surface area contributed by atoms with Gasteiger partial charge in [0.15, 0.2) is 5.76 Å². The van der Waals surface area contributed by atoms with Crippen LogP contribution in [0.5, 0.6) is 0 Å². The van der Waals surface area contributed by atoms with E-state index in [-0.39, 0.29) is 11.8 Å². The molecule has 7 nitrogen and oxygen atoms in total. The van der Waals surface area contributed by atoms with Crippen molar-refractivity contribution in [2.45, 2.75) is 19.8 Å². The van der Waals surface area contributed by atoms with Crippen molar-refractivity contribution in [1.29, 1.82) is 0 Å². The molecule has 7 heteroatoms. The molecule has 0 aromatic carbocycles. The number of hydrogen-bond acceptors (Lipinski definition) is 6. The lowest BCUT2D eigenvalue weighted by Crippen LogP contribution is -2.48. The van der Waals surface area contributed by atoms with Gasteiger partial charge in [-0.3, -0.25) is 4.79 Å². The molecule has 1 aliphatic rings. The monoisotopic (exact) mass is 290 g/mol. The molecule has 0 spiro atoms. The Kier molecular flexibility index (Phi) is 3.64. The Morgan fingerprint density at radius 1 is 1.24 bits per heavy atom. The topological polar surface area (TPSA) is 75.6 Å². The van der Waals surface area contributed by atoms with Crippen LogP contribution in [0.25, 0.3) is 0 Å². The summed E-state index contributed by atoms with van der Waals surface area (Å²) in [5.41, 5.74) is 0. The summed E-state index contributed by atoms with van der Waals surface area (Å²) in [6.45, 7) is 6.59. The Morgan fingerprint density at radius 2 is 2.00 bits per heavy atom. The van der Waals surface area contributed by atoms with Crippen LogP contribution in [0.4, 0.5) is 6.01 Å². The first-order chi connectivity index (χ1) is 10.1. The molecular weight excluding hydrogens is 272 g/mol. The van der Waals surface area contributed by atoms with Crippen molar-refractivity contribution in [2.24, 2.45) is 0 Å². The van der Waals surface area contributed by atoms with Crippen LogP contribution >= 0.6 is 0 Å². The van der Waals surface area contributed by atoms with Crippen LogP contribution in [0.15, 0.2) is 27.2 Å². The van der Waals surface area contributed by atoms with Gasteiger partial charge in [0.1, 0.15) is 0 Å². The number of furan rings is 1. The zero-order valence-corrected chi connectivity index (χ0v) is 12.2. The molecule has 0 radical (unpaired) electrons. The lowest BCUT2D eigenvalue weighted by molar-refractivity contribution is 0.0713. The molecular formula is C14H18N4O3. The van der Waals surface area contributed by atoms with Crippen molar-refractivity contribution < 1.29 is 13.6 Å². The van der Waals surface area contributed by atoms with E-state index in [0.29, 0.717) is 43.8 Å².